The zero-order valence-electron chi connectivity index (χ0n) is 11.3. The summed E-state index contributed by atoms with van der Waals surface area (Å²) in [5.74, 6) is -0.315. The summed E-state index contributed by atoms with van der Waals surface area (Å²) < 4.78 is 18.5. The number of halogens is 1. The fraction of sp³-hybridized carbons (Fsp3) is 0.125. The van der Waals surface area contributed by atoms with Crippen molar-refractivity contribution in [2.24, 2.45) is 0 Å². The summed E-state index contributed by atoms with van der Waals surface area (Å²) in [5.41, 5.74) is 1.69. The predicted octanol–water partition coefficient (Wildman–Crippen LogP) is 2.70. The van der Waals surface area contributed by atoms with Crippen LogP contribution in [0.2, 0.25) is 0 Å². The van der Waals surface area contributed by atoms with E-state index in [-0.39, 0.29) is 24.1 Å². The summed E-state index contributed by atoms with van der Waals surface area (Å²) in [7, 11) is 0. The molecule has 0 unspecified atom stereocenters. The number of benzene rings is 2. The van der Waals surface area contributed by atoms with Crippen LogP contribution in [-0.2, 0) is 4.79 Å². The van der Waals surface area contributed by atoms with Gasteiger partial charge in [0.25, 0.3) is 5.91 Å². The first-order valence-electron chi connectivity index (χ1n) is 6.42. The van der Waals surface area contributed by atoms with Gasteiger partial charge in [0.15, 0.2) is 12.4 Å². The molecule has 2 aromatic carbocycles. The number of amides is 1. The number of ether oxygens (including phenoxy) is 1. The minimum Gasteiger partial charge on any atom is -0.482 e. The number of anilines is 1. The van der Waals surface area contributed by atoms with Gasteiger partial charge in [-0.2, -0.15) is 0 Å². The molecule has 106 valence electrons. The first kappa shape index (κ1) is 13.3. The molecule has 0 aliphatic carbocycles. The molecule has 1 N–H and O–H groups in total. The molecular weight excluding hydrogens is 273 g/mol. The molecule has 0 atom stereocenters. The molecule has 0 saturated carbocycles. The number of hydrogen-bond donors (Lipinski definition) is 1. The fourth-order valence-corrected chi connectivity index (χ4v) is 2.18. The quantitative estimate of drug-likeness (QED) is 0.863. The molecule has 0 radical (unpaired) electrons. The van der Waals surface area contributed by atoms with Crippen LogP contribution < -0.4 is 10.1 Å². The maximum Gasteiger partial charge on any atom is 0.262 e. The van der Waals surface area contributed by atoms with E-state index < -0.39 is 0 Å². The zero-order chi connectivity index (χ0) is 15.0. The minimum absolute atomic E-state index is 0.0303. The van der Waals surface area contributed by atoms with Gasteiger partial charge in [-0.3, -0.25) is 9.59 Å². The van der Waals surface area contributed by atoms with E-state index in [0.29, 0.717) is 28.1 Å². The lowest BCUT2D eigenvalue weighted by molar-refractivity contribution is -0.118. The van der Waals surface area contributed by atoms with Gasteiger partial charge in [-0.1, -0.05) is 0 Å². The smallest absolute Gasteiger partial charge is 0.262 e. The Morgan fingerprint density at radius 1 is 1.19 bits per heavy atom. The van der Waals surface area contributed by atoms with Gasteiger partial charge in [0.2, 0.25) is 0 Å². The normalized spacial score (nSPS) is 13.1. The van der Waals surface area contributed by atoms with Crippen LogP contribution in [-0.4, -0.2) is 18.3 Å². The molecule has 1 amide bonds. The van der Waals surface area contributed by atoms with E-state index in [1.54, 1.807) is 25.1 Å². The van der Waals surface area contributed by atoms with E-state index in [4.69, 9.17) is 4.74 Å². The van der Waals surface area contributed by atoms with Crippen molar-refractivity contribution in [2.75, 3.05) is 11.9 Å². The topological polar surface area (TPSA) is 55.4 Å². The molecule has 0 aromatic heterocycles. The van der Waals surface area contributed by atoms with Gasteiger partial charge in [-0.25, -0.2) is 4.39 Å². The molecule has 0 saturated heterocycles. The zero-order valence-corrected chi connectivity index (χ0v) is 11.3. The second-order valence-corrected chi connectivity index (χ2v) is 4.84. The van der Waals surface area contributed by atoms with Crippen molar-refractivity contribution >= 4 is 17.4 Å². The minimum atomic E-state index is -0.349. The molecule has 1 aliphatic heterocycles. The second kappa shape index (κ2) is 5.01. The number of aryl methyl sites for hydroxylation is 1. The highest BCUT2D eigenvalue weighted by Gasteiger charge is 2.18. The Bertz CT molecular complexity index is 755. The number of fused-ring (bicyclic) bond motifs is 1. The first-order chi connectivity index (χ1) is 10.0. The second-order valence-electron chi connectivity index (χ2n) is 4.84. The van der Waals surface area contributed by atoms with Crippen molar-refractivity contribution < 1.29 is 18.7 Å². The van der Waals surface area contributed by atoms with Gasteiger partial charge in [0.1, 0.15) is 11.6 Å². The van der Waals surface area contributed by atoms with E-state index in [1.165, 1.54) is 18.2 Å². The average molecular weight is 285 g/mol. The van der Waals surface area contributed by atoms with Crippen LogP contribution in [0.25, 0.3) is 0 Å². The lowest BCUT2D eigenvalue weighted by Crippen LogP contribution is -2.25. The van der Waals surface area contributed by atoms with E-state index in [2.05, 4.69) is 5.32 Å². The summed E-state index contributed by atoms with van der Waals surface area (Å²) in [6.07, 6.45) is 0. The lowest BCUT2D eigenvalue weighted by atomic mass is 10.0. The third-order valence-corrected chi connectivity index (χ3v) is 3.29. The van der Waals surface area contributed by atoms with Crippen LogP contribution in [0.4, 0.5) is 10.1 Å². The third-order valence-electron chi connectivity index (χ3n) is 3.29. The van der Waals surface area contributed by atoms with Crippen molar-refractivity contribution in [3.8, 4) is 5.75 Å². The molecular formula is C16H12FNO3. The molecule has 5 heteroatoms. The average Bonchev–Trinajstić information content (AvgIpc) is 2.48. The van der Waals surface area contributed by atoms with Gasteiger partial charge < -0.3 is 10.1 Å². The Balaban J connectivity index is 1.96. The summed E-state index contributed by atoms with van der Waals surface area (Å²) in [4.78, 5) is 23.7. The molecule has 0 bridgehead atoms. The summed E-state index contributed by atoms with van der Waals surface area (Å²) in [6.45, 7) is 1.57. The Morgan fingerprint density at radius 3 is 2.67 bits per heavy atom. The molecule has 0 fully saturated rings. The Morgan fingerprint density at radius 2 is 1.90 bits per heavy atom. The number of rotatable bonds is 2. The largest absolute Gasteiger partial charge is 0.482 e. The van der Waals surface area contributed by atoms with Crippen molar-refractivity contribution in [2.45, 2.75) is 6.92 Å². The van der Waals surface area contributed by atoms with Crippen LogP contribution in [0.5, 0.6) is 5.75 Å². The number of ketones is 1. The van der Waals surface area contributed by atoms with Crippen molar-refractivity contribution in [3.63, 3.8) is 0 Å². The maximum absolute atomic E-state index is 13.3. The number of hydrogen-bond acceptors (Lipinski definition) is 3. The van der Waals surface area contributed by atoms with Crippen LogP contribution in [0.15, 0.2) is 36.4 Å². The third kappa shape index (κ3) is 2.50. The highest BCUT2D eigenvalue weighted by atomic mass is 19.1. The maximum atomic E-state index is 13.3. The Hall–Kier alpha value is -2.69. The fourth-order valence-electron chi connectivity index (χ4n) is 2.18. The monoisotopic (exact) mass is 285 g/mol. The van der Waals surface area contributed by atoms with Crippen LogP contribution in [0, 0.1) is 12.7 Å². The van der Waals surface area contributed by atoms with Crippen LogP contribution in [0.1, 0.15) is 21.5 Å². The molecule has 21 heavy (non-hydrogen) atoms. The molecule has 1 heterocycles. The molecule has 3 rings (SSSR count). The standard InChI is InChI=1S/C16H12FNO3/c1-9-6-10(2-4-12(9)17)16(20)11-3-5-14-13(7-11)18-15(19)8-21-14/h2-7H,8H2,1H3,(H,18,19). The van der Waals surface area contributed by atoms with E-state index in [9.17, 15) is 14.0 Å². The van der Waals surface area contributed by atoms with E-state index in [1.807, 2.05) is 0 Å². The van der Waals surface area contributed by atoms with Gasteiger partial charge in [-0.15, -0.1) is 0 Å². The number of carbonyl (C=O) groups is 2. The van der Waals surface area contributed by atoms with Gasteiger partial charge >= 0.3 is 0 Å². The SMILES string of the molecule is Cc1cc(C(=O)c2ccc3c(c2)NC(=O)CO3)ccc1F. The summed E-state index contributed by atoms with van der Waals surface area (Å²) in [5, 5.41) is 2.65. The van der Waals surface area contributed by atoms with Crippen molar-refractivity contribution in [3.05, 3.63) is 58.9 Å². The predicted molar refractivity (Wildman–Crippen MR) is 75.1 cm³/mol. The first-order valence-corrected chi connectivity index (χ1v) is 6.42. The molecule has 1 aliphatic rings. The number of carbonyl (C=O) groups excluding carboxylic acids is 2. The van der Waals surface area contributed by atoms with Gasteiger partial charge in [0, 0.05) is 11.1 Å². The van der Waals surface area contributed by atoms with E-state index in [0.717, 1.165) is 0 Å². The number of nitrogens with one attached hydrogen (secondary N) is 1. The highest BCUT2D eigenvalue weighted by Crippen LogP contribution is 2.29. The molecule has 4 nitrogen and oxygen atoms in total. The van der Waals surface area contributed by atoms with Gasteiger partial charge in [-0.05, 0) is 48.9 Å². The van der Waals surface area contributed by atoms with E-state index >= 15 is 0 Å². The van der Waals surface area contributed by atoms with Crippen LogP contribution in [0.3, 0.4) is 0 Å². The van der Waals surface area contributed by atoms with Crippen molar-refractivity contribution in [1.29, 1.82) is 0 Å². The van der Waals surface area contributed by atoms with Crippen LogP contribution >= 0.6 is 0 Å². The summed E-state index contributed by atoms with van der Waals surface area (Å²) >= 11 is 0. The Kier molecular flexibility index (Phi) is 3.17. The Labute approximate surface area is 120 Å². The van der Waals surface area contributed by atoms with Crippen molar-refractivity contribution in [1.82, 2.24) is 0 Å². The summed E-state index contributed by atoms with van der Waals surface area (Å²) in [6, 6.07) is 9.04. The van der Waals surface area contributed by atoms with Gasteiger partial charge in [0.05, 0.1) is 5.69 Å². The lowest BCUT2D eigenvalue weighted by Gasteiger charge is -2.18. The molecule has 2 aromatic rings. The highest BCUT2D eigenvalue weighted by molar-refractivity contribution is 6.10. The molecule has 0 spiro atoms.